The number of ether oxygens (including phenoxy) is 1. The van der Waals surface area contributed by atoms with Crippen molar-refractivity contribution in [3.8, 4) is 5.75 Å². The Bertz CT molecular complexity index is 782. The molecule has 0 aromatic heterocycles. The predicted molar refractivity (Wildman–Crippen MR) is 89.2 cm³/mol. The van der Waals surface area contributed by atoms with Crippen molar-refractivity contribution < 1.29 is 40.1 Å². The van der Waals surface area contributed by atoms with Gasteiger partial charge < -0.3 is 14.2 Å². The lowest BCUT2D eigenvalue weighted by molar-refractivity contribution is -0.158. The van der Waals surface area contributed by atoms with E-state index in [1.165, 1.54) is 19.1 Å². The second-order valence-electron chi connectivity index (χ2n) is 6.62. The number of hydrogen-bond acceptors (Lipinski definition) is 6. The number of carbonyl (C=O) groups excluding carboxylic acids is 2. The summed E-state index contributed by atoms with van der Waals surface area (Å²) in [6, 6.07) is 3.56. The Morgan fingerprint density at radius 1 is 1.11 bits per heavy atom. The van der Waals surface area contributed by atoms with Gasteiger partial charge in [0.2, 0.25) is 5.91 Å². The van der Waals surface area contributed by atoms with Crippen LogP contribution in [0.25, 0.3) is 0 Å². The molecule has 152 valence electrons. The van der Waals surface area contributed by atoms with Gasteiger partial charge in [-0.1, -0.05) is 12.1 Å². The number of halogens is 3. The summed E-state index contributed by atoms with van der Waals surface area (Å²) >= 11 is 0. The summed E-state index contributed by atoms with van der Waals surface area (Å²) in [5.74, 6) is -1.69. The van der Waals surface area contributed by atoms with E-state index < -0.39 is 44.9 Å². The smallest absolute Gasteiger partial charge is 0.458 e. The van der Waals surface area contributed by atoms with E-state index in [1.54, 1.807) is 20.8 Å². The zero-order chi connectivity index (χ0) is 21.0. The Morgan fingerprint density at radius 2 is 1.63 bits per heavy atom. The van der Waals surface area contributed by atoms with Crippen LogP contribution >= 0.6 is 0 Å². The quantitative estimate of drug-likeness (QED) is 0.438. The maximum absolute atomic E-state index is 12.3. The van der Waals surface area contributed by atoms with Crippen molar-refractivity contribution in [1.29, 1.82) is 0 Å². The summed E-state index contributed by atoms with van der Waals surface area (Å²) in [6.45, 7) is 6.19. The molecule has 0 bridgehead atoms. The van der Waals surface area contributed by atoms with Gasteiger partial charge in [0.1, 0.15) is 17.4 Å². The lowest BCUT2D eigenvalue weighted by Gasteiger charge is -2.24. The number of rotatable bonds is 6. The van der Waals surface area contributed by atoms with Gasteiger partial charge in [0.25, 0.3) is 0 Å². The van der Waals surface area contributed by atoms with Gasteiger partial charge in [-0.05, 0) is 38.5 Å². The molecule has 0 spiro atoms. The van der Waals surface area contributed by atoms with Crippen molar-refractivity contribution in [3.63, 3.8) is 0 Å². The number of alkyl halides is 3. The van der Waals surface area contributed by atoms with Gasteiger partial charge in [-0.3, -0.25) is 4.79 Å². The van der Waals surface area contributed by atoms with Crippen molar-refractivity contribution in [1.82, 2.24) is 5.32 Å². The van der Waals surface area contributed by atoms with Crippen LogP contribution in [0, 0.1) is 0 Å². The first-order valence-electron chi connectivity index (χ1n) is 7.70. The number of hydrogen-bond donors (Lipinski definition) is 1. The van der Waals surface area contributed by atoms with Gasteiger partial charge in [0.15, 0.2) is 0 Å². The van der Waals surface area contributed by atoms with Crippen LogP contribution in [0.2, 0.25) is 0 Å². The van der Waals surface area contributed by atoms with Crippen LogP contribution in [-0.2, 0) is 30.9 Å². The monoisotopic (exact) mass is 411 g/mol. The van der Waals surface area contributed by atoms with E-state index in [2.05, 4.69) is 9.50 Å². The van der Waals surface area contributed by atoms with Gasteiger partial charge in [0.05, 0.1) is 0 Å². The topological polar surface area (TPSA) is 98.8 Å². The Morgan fingerprint density at radius 3 is 2.04 bits per heavy atom. The van der Waals surface area contributed by atoms with E-state index in [0.717, 1.165) is 12.1 Å². The highest BCUT2D eigenvalue weighted by Gasteiger charge is 2.48. The molecule has 0 aliphatic carbocycles. The molecule has 0 saturated heterocycles. The molecule has 1 rings (SSSR count). The molecule has 11 heteroatoms. The molecule has 1 amide bonds. The largest absolute Gasteiger partial charge is 0.534 e. The zero-order valence-electron chi connectivity index (χ0n) is 15.1. The normalized spacial score (nSPS) is 13.6. The van der Waals surface area contributed by atoms with Crippen molar-refractivity contribution in [2.24, 2.45) is 0 Å². The molecule has 1 aromatic rings. The Labute approximate surface area is 155 Å². The highest BCUT2D eigenvalue weighted by molar-refractivity contribution is 7.88. The number of carbonyl (C=O) groups is 2. The van der Waals surface area contributed by atoms with Crippen LogP contribution in [0.5, 0.6) is 5.75 Å². The summed E-state index contributed by atoms with van der Waals surface area (Å²) in [5, 5.41) is 2.43. The van der Waals surface area contributed by atoms with Gasteiger partial charge >= 0.3 is 21.6 Å². The third-order valence-corrected chi connectivity index (χ3v) is 3.90. The SMILES string of the molecule is CC(=O)NC(Cc1ccc(OS(=O)(=O)C(F)(F)F)cc1)C(=O)OC(C)(C)C. The lowest BCUT2D eigenvalue weighted by atomic mass is 10.1. The van der Waals surface area contributed by atoms with Gasteiger partial charge in [-0.25, -0.2) is 4.79 Å². The Hall–Kier alpha value is -2.30. The molecule has 0 fully saturated rings. The standard InChI is InChI=1S/C16H20F3NO6S/c1-10(21)20-13(14(22)25-15(2,3)4)9-11-5-7-12(8-6-11)26-27(23,24)16(17,18)19/h5-8,13H,9H2,1-4H3,(H,20,21). The van der Waals surface area contributed by atoms with Crippen LogP contribution in [-0.4, -0.2) is 37.4 Å². The van der Waals surface area contributed by atoms with Gasteiger partial charge in [-0.2, -0.15) is 21.6 Å². The van der Waals surface area contributed by atoms with Crippen molar-refractivity contribution in [2.75, 3.05) is 0 Å². The van der Waals surface area contributed by atoms with E-state index in [1.807, 2.05) is 0 Å². The highest BCUT2D eigenvalue weighted by Crippen LogP contribution is 2.27. The summed E-state index contributed by atoms with van der Waals surface area (Å²) in [4.78, 5) is 23.5. The first-order valence-corrected chi connectivity index (χ1v) is 9.11. The molecule has 7 nitrogen and oxygen atoms in total. The molecule has 1 aromatic carbocycles. The Kier molecular flexibility index (Phi) is 6.87. The van der Waals surface area contributed by atoms with Crippen molar-refractivity contribution >= 4 is 22.0 Å². The first-order chi connectivity index (χ1) is 12.1. The first kappa shape index (κ1) is 22.7. The summed E-state index contributed by atoms with van der Waals surface area (Å²) < 4.78 is 68.1. The third kappa shape index (κ3) is 7.45. The molecule has 1 unspecified atom stereocenters. The fourth-order valence-corrected chi connectivity index (χ4v) is 2.36. The maximum Gasteiger partial charge on any atom is 0.534 e. The number of amides is 1. The minimum Gasteiger partial charge on any atom is -0.458 e. The van der Waals surface area contributed by atoms with Crippen LogP contribution in [0.15, 0.2) is 24.3 Å². The van der Waals surface area contributed by atoms with Gasteiger partial charge in [0, 0.05) is 13.3 Å². The minimum atomic E-state index is -5.77. The fraction of sp³-hybridized carbons (Fsp3) is 0.500. The number of nitrogens with one attached hydrogen (secondary N) is 1. The van der Waals surface area contributed by atoms with Crippen LogP contribution in [0.4, 0.5) is 13.2 Å². The summed E-state index contributed by atoms with van der Waals surface area (Å²) in [5.41, 5.74) is -5.88. The second-order valence-corrected chi connectivity index (χ2v) is 8.16. The van der Waals surface area contributed by atoms with Crippen molar-refractivity contribution in [2.45, 2.75) is 51.3 Å². The molecule has 0 aliphatic heterocycles. The molecule has 1 atom stereocenters. The Balaban J connectivity index is 2.92. The minimum absolute atomic E-state index is 0.0131. The fourth-order valence-electron chi connectivity index (χ4n) is 1.90. The molecule has 27 heavy (non-hydrogen) atoms. The van der Waals surface area contributed by atoms with Crippen molar-refractivity contribution in [3.05, 3.63) is 29.8 Å². The van der Waals surface area contributed by atoms with E-state index in [4.69, 9.17) is 4.74 Å². The van der Waals surface area contributed by atoms with Crippen LogP contribution in [0.1, 0.15) is 33.3 Å². The van der Waals surface area contributed by atoms with E-state index in [9.17, 15) is 31.2 Å². The number of benzene rings is 1. The zero-order valence-corrected chi connectivity index (χ0v) is 15.9. The highest BCUT2D eigenvalue weighted by atomic mass is 32.2. The summed E-state index contributed by atoms with van der Waals surface area (Å²) in [6.07, 6.45) is -0.0131. The van der Waals surface area contributed by atoms with E-state index in [0.29, 0.717) is 5.56 Å². The molecule has 0 radical (unpaired) electrons. The lowest BCUT2D eigenvalue weighted by Crippen LogP contribution is -2.44. The molecular formula is C16H20F3NO6S. The number of esters is 1. The third-order valence-electron chi connectivity index (χ3n) is 2.92. The van der Waals surface area contributed by atoms with Crippen LogP contribution in [0.3, 0.4) is 0 Å². The molecule has 0 saturated carbocycles. The van der Waals surface area contributed by atoms with Gasteiger partial charge in [-0.15, -0.1) is 0 Å². The molecule has 1 N–H and O–H groups in total. The van der Waals surface area contributed by atoms with E-state index >= 15 is 0 Å². The average molecular weight is 411 g/mol. The molecule has 0 heterocycles. The van der Waals surface area contributed by atoms with Crippen LogP contribution < -0.4 is 9.50 Å². The maximum atomic E-state index is 12.3. The molecule has 0 aliphatic rings. The average Bonchev–Trinajstić information content (AvgIpc) is 2.44. The molecular weight excluding hydrogens is 391 g/mol. The predicted octanol–water partition coefficient (Wildman–Crippen LogP) is 2.30. The van der Waals surface area contributed by atoms with E-state index in [-0.39, 0.29) is 6.42 Å². The second kappa shape index (κ2) is 8.15. The summed E-state index contributed by atoms with van der Waals surface area (Å²) in [7, 11) is -5.77.